The van der Waals surface area contributed by atoms with Gasteiger partial charge in [0.25, 0.3) is 0 Å². The molecule has 0 aliphatic carbocycles. The van der Waals surface area contributed by atoms with Gasteiger partial charge in [0, 0.05) is 13.2 Å². The minimum atomic E-state index is -0.942. The van der Waals surface area contributed by atoms with Crippen LogP contribution < -0.4 is 5.32 Å². The Kier molecular flexibility index (Phi) is 4.31. The second-order valence-corrected chi connectivity index (χ2v) is 3.97. The van der Waals surface area contributed by atoms with E-state index in [9.17, 15) is 4.79 Å². The molecule has 16 heavy (non-hydrogen) atoms. The third-order valence-corrected chi connectivity index (χ3v) is 2.44. The zero-order chi connectivity index (χ0) is 12.1. The number of aliphatic hydroxyl groups is 1. The highest BCUT2D eigenvalue weighted by Crippen LogP contribution is 2.20. The van der Waals surface area contributed by atoms with Gasteiger partial charge in [-0.3, -0.25) is 0 Å². The third kappa shape index (κ3) is 2.97. The number of anilines is 1. The smallest absolute Gasteiger partial charge is 0.337 e. The Labute approximate surface area is 94.9 Å². The lowest BCUT2D eigenvalue weighted by Crippen LogP contribution is -2.17. The summed E-state index contributed by atoms with van der Waals surface area (Å²) in [4.78, 5) is 11.0. The van der Waals surface area contributed by atoms with Crippen molar-refractivity contribution in [1.29, 1.82) is 0 Å². The molecule has 0 saturated carbocycles. The maximum atomic E-state index is 11.0. The summed E-state index contributed by atoms with van der Waals surface area (Å²) in [5.74, 6) is -0.843. The van der Waals surface area contributed by atoms with Crippen LogP contribution in [0.5, 0.6) is 0 Å². The minimum absolute atomic E-state index is 0.0846. The Balaban J connectivity index is 2.88. The molecule has 0 aliphatic heterocycles. The van der Waals surface area contributed by atoms with Crippen molar-refractivity contribution in [2.24, 2.45) is 5.92 Å². The normalized spacial score (nSPS) is 12.2. The lowest BCUT2D eigenvalue weighted by molar-refractivity contribution is 0.0698. The number of carbonyl (C=O) groups is 1. The molecule has 4 nitrogen and oxygen atoms in total. The van der Waals surface area contributed by atoms with Crippen LogP contribution in [0, 0.1) is 12.8 Å². The van der Waals surface area contributed by atoms with Gasteiger partial charge in [0.15, 0.2) is 0 Å². The summed E-state index contributed by atoms with van der Waals surface area (Å²) in [5, 5.41) is 21.0. The molecule has 4 heteroatoms. The number of aryl methyl sites for hydroxylation is 1. The first-order chi connectivity index (χ1) is 7.56. The van der Waals surface area contributed by atoms with Crippen molar-refractivity contribution in [2.45, 2.75) is 13.8 Å². The quantitative estimate of drug-likeness (QED) is 0.711. The van der Waals surface area contributed by atoms with E-state index in [1.807, 2.05) is 19.9 Å². The van der Waals surface area contributed by atoms with E-state index in [0.717, 1.165) is 5.56 Å². The maximum Gasteiger partial charge on any atom is 0.337 e. The average Bonchev–Trinajstić information content (AvgIpc) is 2.26. The lowest BCUT2D eigenvalue weighted by Gasteiger charge is -2.15. The van der Waals surface area contributed by atoms with Crippen molar-refractivity contribution in [2.75, 3.05) is 18.5 Å². The monoisotopic (exact) mass is 223 g/mol. The van der Waals surface area contributed by atoms with E-state index in [0.29, 0.717) is 12.2 Å². The lowest BCUT2D eigenvalue weighted by atomic mass is 10.1. The van der Waals surface area contributed by atoms with Gasteiger partial charge in [0.1, 0.15) is 0 Å². The van der Waals surface area contributed by atoms with E-state index in [4.69, 9.17) is 10.2 Å². The molecule has 88 valence electrons. The van der Waals surface area contributed by atoms with Crippen molar-refractivity contribution in [3.05, 3.63) is 29.3 Å². The van der Waals surface area contributed by atoms with Gasteiger partial charge in [-0.05, 0) is 24.5 Å². The van der Waals surface area contributed by atoms with Gasteiger partial charge in [-0.15, -0.1) is 0 Å². The van der Waals surface area contributed by atoms with Crippen LogP contribution in [0.4, 0.5) is 5.69 Å². The predicted molar refractivity (Wildman–Crippen MR) is 62.9 cm³/mol. The maximum absolute atomic E-state index is 11.0. The van der Waals surface area contributed by atoms with Gasteiger partial charge in [-0.25, -0.2) is 4.79 Å². The van der Waals surface area contributed by atoms with E-state index in [1.54, 1.807) is 12.1 Å². The summed E-state index contributed by atoms with van der Waals surface area (Å²) in [6, 6.07) is 5.15. The number of hydrogen-bond donors (Lipinski definition) is 3. The SMILES string of the molecule is Cc1cccc(C(=O)O)c1NCC(C)CO. The molecule has 3 N–H and O–H groups in total. The highest BCUT2D eigenvalue weighted by Gasteiger charge is 2.12. The van der Waals surface area contributed by atoms with Crippen LogP contribution in [-0.2, 0) is 0 Å². The van der Waals surface area contributed by atoms with Gasteiger partial charge < -0.3 is 15.5 Å². The van der Waals surface area contributed by atoms with Crippen LogP contribution >= 0.6 is 0 Å². The summed E-state index contributed by atoms with van der Waals surface area (Å²) < 4.78 is 0. The van der Waals surface area contributed by atoms with Gasteiger partial charge in [0.05, 0.1) is 11.3 Å². The molecule has 0 fully saturated rings. The Hall–Kier alpha value is -1.55. The van der Waals surface area contributed by atoms with Crippen LogP contribution in [0.1, 0.15) is 22.8 Å². The number of benzene rings is 1. The zero-order valence-electron chi connectivity index (χ0n) is 9.53. The Bertz CT molecular complexity index is 377. The molecule has 0 heterocycles. The van der Waals surface area contributed by atoms with E-state index >= 15 is 0 Å². The zero-order valence-corrected chi connectivity index (χ0v) is 9.53. The molecule has 1 aromatic carbocycles. The second kappa shape index (κ2) is 5.51. The fourth-order valence-corrected chi connectivity index (χ4v) is 1.42. The first-order valence-corrected chi connectivity index (χ1v) is 5.24. The Morgan fingerprint density at radius 1 is 1.50 bits per heavy atom. The Morgan fingerprint density at radius 2 is 2.19 bits per heavy atom. The summed E-state index contributed by atoms with van der Waals surface area (Å²) in [6.45, 7) is 4.40. The number of hydrogen-bond acceptors (Lipinski definition) is 3. The molecule has 0 bridgehead atoms. The van der Waals surface area contributed by atoms with Crippen LogP contribution in [0.3, 0.4) is 0 Å². The predicted octanol–water partition coefficient (Wildman–Crippen LogP) is 1.73. The summed E-state index contributed by atoms with van der Waals surface area (Å²) >= 11 is 0. The number of rotatable bonds is 5. The highest BCUT2D eigenvalue weighted by atomic mass is 16.4. The molecule has 1 rings (SSSR count). The largest absolute Gasteiger partial charge is 0.478 e. The number of para-hydroxylation sites is 1. The molecular weight excluding hydrogens is 206 g/mol. The first kappa shape index (κ1) is 12.5. The number of carboxylic acid groups (broad SMARTS) is 1. The molecular formula is C12H17NO3. The summed E-state index contributed by atoms with van der Waals surface area (Å²) in [6.07, 6.45) is 0. The molecule has 1 atom stereocenters. The van der Waals surface area contributed by atoms with Crippen molar-refractivity contribution in [3.8, 4) is 0 Å². The fraction of sp³-hybridized carbons (Fsp3) is 0.417. The van der Waals surface area contributed by atoms with Crippen LogP contribution in [0.25, 0.3) is 0 Å². The average molecular weight is 223 g/mol. The van der Waals surface area contributed by atoms with Gasteiger partial charge in [-0.1, -0.05) is 19.1 Å². The van der Waals surface area contributed by atoms with Gasteiger partial charge in [-0.2, -0.15) is 0 Å². The van der Waals surface area contributed by atoms with Crippen molar-refractivity contribution < 1.29 is 15.0 Å². The standard InChI is InChI=1S/C12H17NO3/c1-8(7-14)6-13-11-9(2)4-3-5-10(11)12(15)16/h3-5,8,13-14H,6-7H2,1-2H3,(H,15,16). The number of carboxylic acids is 1. The Morgan fingerprint density at radius 3 is 2.75 bits per heavy atom. The molecule has 1 unspecified atom stereocenters. The van der Waals surface area contributed by atoms with Crippen molar-refractivity contribution in [1.82, 2.24) is 0 Å². The third-order valence-electron chi connectivity index (χ3n) is 2.44. The van der Waals surface area contributed by atoms with E-state index in [-0.39, 0.29) is 18.1 Å². The molecule has 1 aromatic rings. The van der Waals surface area contributed by atoms with E-state index in [2.05, 4.69) is 5.32 Å². The van der Waals surface area contributed by atoms with Crippen molar-refractivity contribution in [3.63, 3.8) is 0 Å². The molecule has 0 aromatic heterocycles. The number of aromatic carboxylic acids is 1. The molecule has 0 saturated heterocycles. The van der Waals surface area contributed by atoms with Gasteiger partial charge >= 0.3 is 5.97 Å². The number of nitrogens with one attached hydrogen (secondary N) is 1. The van der Waals surface area contributed by atoms with E-state index < -0.39 is 5.97 Å². The fourth-order valence-electron chi connectivity index (χ4n) is 1.42. The molecule has 0 amide bonds. The first-order valence-electron chi connectivity index (χ1n) is 5.24. The summed E-state index contributed by atoms with van der Waals surface area (Å²) in [5.41, 5.74) is 1.80. The van der Waals surface area contributed by atoms with Crippen LogP contribution in [0.2, 0.25) is 0 Å². The second-order valence-electron chi connectivity index (χ2n) is 3.97. The highest BCUT2D eigenvalue weighted by molar-refractivity contribution is 5.95. The molecule has 0 aliphatic rings. The van der Waals surface area contributed by atoms with Crippen molar-refractivity contribution >= 4 is 11.7 Å². The molecule has 0 spiro atoms. The van der Waals surface area contributed by atoms with Crippen LogP contribution in [0.15, 0.2) is 18.2 Å². The number of aliphatic hydroxyl groups excluding tert-OH is 1. The van der Waals surface area contributed by atoms with E-state index in [1.165, 1.54) is 0 Å². The molecule has 0 radical (unpaired) electrons. The summed E-state index contributed by atoms with van der Waals surface area (Å²) in [7, 11) is 0. The minimum Gasteiger partial charge on any atom is -0.478 e. The van der Waals surface area contributed by atoms with Gasteiger partial charge in [0.2, 0.25) is 0 Å². The van der Waals surface area contributed by atoms with Crippen LogP contribution in [-0.4, -0.2) is 29.3 Å². The topological polar surface area (TPSA) is 69.6 Å².